The molecule has 0 amide bonds. The molecule has 6 rings (SSSR count). The zero-order valence-corrected chi connectivity index (χ0v) is 31.3. The summed E-state index contributed by atoms with van der Waals surface area (Å²) in [5.41, 5.74) is 9.16. The van der Waals surface area contributed by atoms with Crippen LogP contribution in [-0.2, 0) is 52.5 Å². The highest BCUT2D eigenvalue weighted by atomic mass is 31.3. The van der Waals surface area contributed by atoms with E-state index in [9.17, 15) is 67.8 Å². The minimum atomic E-state index is -6.25. The largest absolute Gasteiger partial charge is 0.756 e. The molecule has 2 aliphatic rings. The van der Waals surface area contributed by atoms with Crippen LogP contribution in [0.5, 0.6) is 0 Å². The normalized spacial score (nSPS) is 29.9. The minimum Gasteiger partial charge on any atom is -0.756 e. The Morgan fingerprint density at radius 3 is 2.20 bits per heavy atom. The van der Waals surface area contributed by atoms with Crippen LogP contribution in [0.1, 0.15) is 12.5 Å². The van der Waals surface area contributed by atoms with E-state index in [1.807, 2.05) is 0 Å². The van der Waals surface area contributed by atoms with Gasteiger partial charge in [0.15, 0.2) is 23.7 Å². The molecule has 4 aromatic rings. The van der Waals surface area contributed by atoms with Crippen molar-refractivity contribution in [3.05, 3.63) is 33.4 Å². The minimum absolute atomic E-state index is 0.0275. The molecule has 4 unspecified atom stereocenters. The monoisotopic (exact) mass is 881 g/mol. The van der Waals surface area contributed by atoms with Crippen molar-refractivity contribution >= 4 is 65.4 Å². The van der Waals surface area contributed by atoms with Gasteiger partial charge in [-0.15, -0.1) is 4.86 Å². The standard InChI is InChI=1S/C21H31N11O20P4/c1-30-5-32(15-9(30)17(38)28-21(23)26-15)19-13(36)11(34)7(50-19)3-48-55(43,44)52-56(45,46)51-54(41,42)29-53(39,40)47-2-6-10(33)12(35)18(49-6)31-4-24-8-14(31)25-20(22)27-16(8)37/h4-7,10-13,18-19,33-36H,2-3H2,1H3,(H10-,22,23,25,26,27,28,29,37,38,39,40,41,42,43,44,45,46)/t6-,7-,10-,11-,12-,13-,18-,19-/m1/s1. The van der Waals surface area contributed by atoms with E-state index in [0.717, 1.165) is 20.3 Å². The number of phosphoric ester groups is 1. The zero-order valence-electron chi connectivity index (χ0n) is 27.8. The Labute approximate surface area is 308 Å². The van der Waals surface area contributed by atoms with Gasteiger partial charge in [0.05, 0.1) is 26.6 Å². The van der Waals surface area contributed by atoms with Crippen LogP contribution in [-0.4, -0.2) is 119 Å². The predicted molar refractivity (Wildman–Crippen MR) is 175 cm³/mol. The van der Waals surface area contributed by atoms with Gasteiger partial charge in [0, 0.05) is 0 Å². The van der Waals surface area contributed by atoms with Crippen molar-refractivity contribution in [1.29, 1.82) is 0 Å². The van der Waals surface area contributed by atoms with E-state index < -0.39 is 105 Å². The summed E-state index contributed by atoms with van der Waals surface area (Å²) < 4.78 is 80.8. The van der Waals surface area contributed by atoms with E-state index in [1.165, 1.54) is 17.9 Å². The van der Waals surface area contributed by atoms with Crippen molar-refractivity contribution in [3.63, 3.8) is 0 Å². The molecule has 0 spiro atoms. The Bertz CT molecular complexity index is 2470. The first kappa shape index (κ1) is 42.2. The maximum atomic E-state index is 12.5. The number of nitrogens with one attached hydrogen (secondary N) is 3. The quantitative estimate of drug-likeness (QED) is 0.0415. The molecule has 2 aliphatic heterocycles. The number of rotatable bonds is 14. The Kier molecular flexibility index (Phi) is 11.4. The summed E-state index contributed by atoms with van der Waals surface area (Å²) in [5, 5.41) is 42.0. The Hall–Kier alpha value is -3.38. The number of ether oxygens (including phenoxy) is 2. The van der Waals surface area contributed by atoms with Crippen molar-refractivity contribution in [2.45, 2.75) is 49.1 Å². The molecule has 6 heterocycles. The molecular formula is C21H31N11O20P4. The lowest BCUT2D eigenvalue weighted by atomic mass is 10.1. The summed E-state index contributed by atoms with van der Waals surface area (Å²) in [4.78, 5) is 83.8. The van der Waals surface area contributed by atoms with E-state index in [2.05, 4.69) is 42.6 Å². The van der Waals surface area contributed by atoms with Crippen molar-refractivity contribution in [1.82, 2.24) is 38.9 Å². The second-order valence-corrected chi connectivity index (χ2v) is 18.5. The fourth-order valence-electron chi connectivity index (χ4n) is 5.63. The summed E-state index contributed by atoms with van der Waals surface area (Å²) >= 11 is 0. The van der Waals surface area contributed by atoms with Crippen LogP contribution >= 0.6 is 31.1 Å². The summed E-state index contributed by atoms with van der Waals surface area (Å²) in [7, 11) is -22.5. The topological polar surface area (TPSA) is 471 Å². The first-order valence-electron chi connectivity index (χ1n) is 15.2. The van der Waals surface area contributed by atoms with Gasteiger partial charge >= 0.3 is 29.0 Å². The molecule has 4 aromatic heterocycles. The van der Waals surface area contributed by atoms with Crippen LogP contribution in [0.15, 0.2) is 22.2 Å². The number of hydrogen-bond acceptors (Lipinski definition) is 22. The second-order valence-electron chi connectivity index (χ2n) is 11.9. The molecule has 0 saturated carbocycles. The number of aromatic nitrogens is 8. The molecule has 2 saturated heterocycles. The average Bonchev–Trinajstić information content (AvgIpc) is 3.77. The molecule has 12 atom stereocenters. The number of aliphatic hydroxyl groups excluding tert-OH is 4. The van der Waals surface area contributed by atoms with Gasteiger partial charge in [0.2, 0.25) is 17.7 Å². The Morgan fingerprint density at radius 1 is 0.893 bits per heavy atom. The molecule has 2 fully saturated rings. The van der Waals surface area contributed by atoms with E-state index in [-0.39, 0.29) is 34.2 Å². The maximum Gasteiger partial charge on any atom is 0.486 e. The number of hydrogen-bond donors (Lipinski definition) is 12. The van der Waals surface area contributed by atoms with Crippen LogP contribution in [0.4, 0.5) is 11.9 Å². The number of fused-ring (bicyclic) bond motifs is 2. The lowest BCUT2D eigenvalue weighted by Crippen LogP contribution is -2.46. The summed E-state index contributed by atoms with van der Waals surface area (Å²) in [6, 6.07) is 0. The lowest BCUT2D eigenvalue weighted by Gasteiger charge is -2.27. The van der Waals surface area contributed by atoms with E-state index in [1.54, 1.807) is 0 Å². The van der Waals surface area contributed by atoms with Crippen LogP contribution in [0.25, 0.3) is 22.3 Å². The molecular weight excluding hydrogens is 850 g/mol. The van der Waals surface area contributed by atoms with Gasteiger partial charge in [-0.05, 0) is 0 Å². The highest BCUT2D eigenvalue weighted by Gasteiger charge is 2.49. The van der Waals surface area contributed by atoms with Crippen molar-refractivity contribution in [2.24, 2.45) is 7.05 Å². The predicted octanol–water partition coefficient (Wildman–Crippen LogP) is -5.49. The second kappa shape index (κ2) is 15.1. The summed E-state index contributed by atoms with van der Waals surface area (Å²) in [6.45, 7) is -2.34. The van der Waals surface area contributed by atoms with Crippen molar-refractivity contribution in [2.75, 3.05) is 24.7 Å². The third-order valence-electron chi connectivity index (χ3n) is 7.94. The lowest BCUT2D eigenvalue weighted by molar-refractivity contribution is -0.745. The number of nitrogens with zero attached hydrogens (tertiary/aromatic N) is 6. The third-order valence-corrected chi connectivity index (χ3v) is 14.3. The Morgan fingerprint density at radius 2 is 1.50 bits per heavy atom. The summed E-state index contributed by atoms with van der Waals surface area (Å²) in [6.07, 6.45) is -11.5. The Balaban J connectivity index is 1.03. The number of aromatic amines is 2. The molecule has 31 nitrogen and oxygen atoms in total. The van der Waals surface area contributed by atoms with Gasteiger partial charge in [0.1, 0.15) is 36.6 Å². The number of nitrogen functional groups attached to an aromatic ring is 2. The number of imidazole rings is 2. The van der Waals surface area contributed by atoms with Gasteiger partial charge in [-0.1, -0.05) is 4.98 Å². The molecule has 0 bridgehead atoms. The molecule has 0 aliphatic carbocycles. The van der Waals surface area contributed by atoms with Crippen LogP contribution < -0.4 is 36.9 Å². The number of phosphoric acid groups is 2. The summed E-state index contributed by atoms with van der Waals surface area (Å²) in [5.74, 6) is -0.647. The molecule has 0 aromatic carbocycles. The van der Waals surface area contributed by atoms with E-state index in [4.69, 9.17) is 20.9 Å². The van der Waals surface area contributed by atoms with Gasteiger partial charge in [-0.2, -0.15) is 9.29 Å². The first-order valence-corrected chi connectivity index (χ1v) is 21.3. The zero-order chi connectivity index (χ0) is 41.3. The molecule has 0 radical (unpaired) electrons. The number of aliphatic hydroxyl groups is 4. The highest BCUT2D eigenvalue weighted by molar-refractivity contribution is 7.72. The van der Waals surface area contributed by atoms with E-state index >= 15 is 0 Å². The van der Waals surface area contributed by atoms with Gasteiger partial charge in [-0.25, -0.2) is 27.6 Å². The number of aryl methyl sites for hydroxylation is 1. The van der Waals surface area contributed by atoms with Crippen molar-refractivity contribution in [3.8, 4) is 0 Å². The van der Waals surface area contributed by atoms with Gasteiger partial charge < -0.3 is 65.5 Å². The molecule has 14 N–H and O–H groups in total. The average molecular weight is 881 g/mol. The molecule has 56 heavy (non-hydrogen) atoms. The molecule has 310 valence electrons. The smallest absolute Gasteiger partial charge is 0.486 e. The van der Waals surface area contributed by atoms with Crippen LogP contribution in [0.2, 0.25) is 0 Å². The SMILES string of the molecule is Cn1c[n+]([C@@H]2O[C@H](COP(=O)([O-])OP(=O)(O)OP(=O)(O)NP(=O)(O)OC[C@H]3O[C@@H](n4cnc5c(=O)[nH]c(N)nc54)[C@H](O)[C@@H]3O)[C@@H](O)[C@H]2O)c2nc(N)[nH]c(=O)c21. The third kappa shape index (κ3) is 8.71. The maximum absolute atomic E-state index is 12.5. The fourth-order valence-corrected chi connectivity index (χ4v) is 11.0. The molecule has 35 heteroatoms. The van der Waals surface area contributed by atoms with Crippen LogP contribution in [0.3, 0.4) is 0 Å². The number of H-pyrrole nitrogens is 2. The first-order chi connectivity index (χ1) is 25.9. The highest BCUT2D eigenvalue weighted by Crippen LogP contribution is 2.67. The van der Waals surface area contributed by atoms with Gasteiger partial charge in [-0.3, -0.25) is 37.8 Å². The van der Waals surface area contributed by atoms with Crippen molar-refractivity contribution < 1.29 is 90.0 Å². The van der Waals surface area contributed by atoms with Gasteiger partial charge in [0.25, 0.3) is 24.9 Å². The number of nitrogens with two attached hydrogens (primary N) is 2. The van der Waals surface area contributed by atoms with Crippen LogP contribution in [0, 0.1) is 0 Å². The van der Waals surface area contributed by atoms with E-state index in [0.29, 0.717) is 0 Å². The fraction of sp³-hybridized carbons (Fsp3) is 0.524. The number of anilines is 2.